The van der Waals surface area contributed by atoms with Crippen LogP contribution in [0.5, 0.6) is 0 Å². The standard InChI is InChI=1S/C17H20N8OS2/c18-15(19)25-17-23-13(10-28-17)9-27-6-5-21-16-22-8-12(14(26)24-16)7-11-1-3-20-4-2-11/h1-4,8,10H,5-7,9H2,(H4,18,19,23,25)(H2,21,22,24,26). The molecule has 0 unspecified atom stereocenters. The second kappa shape index (κ2) is 9.85. The first-order chi connectivity index (χ1) is 13.6. The molecule has 3 rings (SSSR count). The van der Waals surface area contributed by atoms with Crippen LogP contribution in [0.3, 0.4) is 0 Å². The van der Waals surface area contributed by atoms with Crippen LogP contribution < -0.4 is 22.3 Å². The summed E-state index contributed by atoms with van der Waals surface area (Å²) in [4.78, 5) is 31.5. The number of nitrogens with one attached hydrogen (secondary N) is 2. The van der Waals surface area contributed by atoms with E-state index < -0.39 is 0 Å². The van der Waals surface area contributed by atoms with Crippen molar-refractivity contribution in [3.05, 3.63) is 63.3 Å². The van der Waals surface area contributed by atoms with Crippen molar-refractivity contribution < 1.29 is 0 Å². The number of anilines is 1. The van der Waals surface area contributed by atoms with Crippen molar-refractivity contribution in [2.24, 2.45) is 16.5 Å². The van der Waals surface area contributed by atoms with Gasteiger partial charge in [0.25, 0.3) is 5.56 Å². The highest BCUT2D eigenvalue weighted by molar-refractivity contribution is 7.98. The SMILES string of the molecule is NC(N)=Nc1nc(CSCCNc2ncc(Cc3ccncc3)c(=O)[nH]2)cs1. The molecule has 0 saturated carbocycles. The first-order valence-electron chi connectivity index (χ1n) is 8.43. The summed E-state index contributed by atoms with van der Waals surface area (Å²) in [6.07, 6.45) is 5.54. The Balaban J connectivity index is 1.42. The fraction of sp³-hybridized carbons (Fsp3) is 0.235. The lowest BCUT2D eigenvalue weighted by atomic mass is 10.1. The van der Waals surface area contributed by atoms with Crippen LogP contribution >= 0.6 is 23.1 Å². The summed E-state index contributed by atoms with van der Waals surface area (Å²) >= 11 is 3.11. The van der Waals surface area contributed by atoms with Gasteiger partial charge in [0.1, 0.15) is 0 Å². The van der Waals surface area contributed by atoms with E-state index in [4.69, 9.17) is 11.5 Å². The van der Waals surface area contributed by atoms with Gasteiger partial charge in [-0.05, 0) is 17.7 Å². The van der Waals surface area contributed by atoms with E-state index in [-0.39, 0.29) is 11.5 Å². The molecule has 0 fully saturated rings. The Kier molecular flexibility index (Phi) is 6.98. The highest BCUT2D eigenvalue weighted by atomic mass is 32.2. The number of rotatable bonds is 9. The maximum atomic E-state index is 12.2. The fourth-order valence-electron chi connectivity index (χ4n) is 2.30. The predicted octanol–water partition coefficient (Wildman–Crippen LogP) is 1.46. The van der Waals surface area contributed by atoms with Gasteiger partial charge >= 0.3 is 0 Å². The Morgan fingerprint density at radius 1 is 1.32 bits per heavy atom. The first-order valence-corrected chi connectivity index (χ1v) is 10.5. The molecule has 0 spiro atoms. The number of hydrogen-bond donors (Lipinski definition) is 4. The van der Waals surface area contributed by atoms with E-state index >= 15 is 0 Å². The molecule has 0 aliphatic carbocycles. The normalized spacial score (nSPS) is 10.6. The summed E-state index contributed by atoms with van der Waals surface area (Å²) in [6.45, 7) is 0.669. The van der Waals surface area contributed by atoms with Gasteiger partial charge in [-0.2, -0.15) is 16.8 Å². The number of guanidine groups is 1. The third kappa shape index (κ3) is 6.06. The van der Waals surface area contributed by atoms with Crippen LogP contribution in [0.25, 0.3) is 0 Å². The Morgan fingerprint density at radius 2 is 2.14 bits per heavy atom. The van der Waals surface area contributed by atoms with Gasteiger partial charge in [-0.25, -0.2) is 9.97 Å². The summed E-state index contributed by atoms with van der Waals surface area (Å²) in [5, 5.41) is 5.61. The van der Waals surface area contributed by atoms with Gasteiger partial charge in [0.2, 0.25) is 11.1 Å². The molecule has 3 aromatic heterocycles. The summed E-state index contributed by atoms with van der Waals surface area (Å²) < 4.78 is 0. The molecule has 0 radical (unpaired) electrons. The van der Waals surface area contributed by atoms with Crippen LogP contribution in [0.4, 0.5) is 11.1 Å². The zero-order valence-corrected chi connectivity index (χ0v) is 16.6. The van der Waals surface area contributed by atoms with Gasteiger partial charge in [-0.15, -0.1) is 11.3 Å². The first kappa shape index (κ1) is 19.8. The Hall–Kier alpha value is -2.92. The number of H-pyrrole nitrogens is 1. The summed E-state index contributed by atoms with van der Waals surface area (Å²) in [5.41, 5.74) is 13.1. The zero-order chi connectivity index (χ0) is 19.8. The molecule has 0 aromatic carbocycles. The number of aromatic amines is 1. The maximum absolute atomic E-state index is 12.2. The van der Waals surface area contributed by atoms with Crippen LogP contribution in [0.2, 0.25) is 0 Å². The van der Waals surface area contributed by atoms with E-state index in [2.05, 4.69) is 30.2 Å². The molecule has 0 bridgehead atoms. The Bertz CT molecular complexity index is 982. The van der Waals surface area contributed by atoms with Crippen molar-refractivity contribution in [2.45, 2.75) is 12.2 Å². The molecule has 0 saturated heterocycles. The van der Waals surface area contributed by atoms with Gasteiger partial charge in [0, 0.05) is 54.0 Å². The molecular formula is C17H20N8OS2. The minimum Gasteiger partial charge on any atom is -0.370 e. The average molecular weight is 417 g/mol. The highest BCUT2D eigenvalue weighted by Crippen LogP contribution is 2.21. The molecule has 9 nitrogen and oxygen atoms in total. The molecular weight excluding hydrogens is 396 g/mol. The quantitative estimate of drug-likeness (QED) is 0.233. The smallest absolute Gasteiger partial charge is 0.255 e. The number of nitrogens with zero attached hydrogens (tertiary/aromatic N) is 4. The number of pyridine rings is 1. The lowest BCUT2D eigenvalue weighted by Gasteiger charge is -2.06. The Labute approximate surface area is 169 Å². The van der Waals surface area contributed by atoms with Gasteiger partial charge in [0.15, 0.2) is 5.96 Å². The summed E-state index contributed by atoms with van der Waals surface area (Å²) in [5.74, 6) is 2.06. The van der Waals surface area contributed by atoms with Crippen molar-refractivity contribution >= 4 is 40.1 Å². The van der Waals surface area contributed by atoms with Crippen LogP contribution in [0.1, 0.15) is 16.8 Å². The molecule has 28 heavy (non-hydrogen) atoms. The average Bonchev–Trinajstić information content (AvgIpc) is 3.11. The molecule has 6 N–H and O–H groups in total. The fourth-order valence-corrected chi connectivity index (χ4v) is 3.86. The minimum absolute atomic E-state index is 0.00559. The van der Waals surface area contributed by atoms with E-state index in [0.717, 1.165) is 22.8 Å². The number of aliphatic imine (C=N–C) groups is 1. The van der Waals surface area contributed by atoms with Crippen LogP contribution in [-0.2, 0) is 12.2 Å². The number of aromatic nitrogens is 4. The van der Waals surface area contributed by atoms with Crippen molar-refractivity contribution in [1.29, 1.82) is 0 Å². The van der Waals surface area contributed by atoms with Crippen molar-refractivity contribution in [3.63, 3.8) is 0 Å². The molecule has 146 valence electrons. The predicted molar refractivity (Wildman–Crippen MR) is 114 cm³/mol. The largest absolute Gasteiger partial charge is 0.370 e. The second-order valence-corrected chi connectivity index (χ2v) is 7.70. The van der Waals surface area contributed by atoms with E-state index in [9.17, 15) is 4.79 Å². The lowest BCUT2D eigenvalue weighted by molar-refractivity contribution is 1.00. The molecule has 0 aliphatic rings. The van der Waals surface area contributed by atoms with Gasteiger partial charge in [-0.3, -0.25) is 14.8 Å². The molecule has 0 atom stereocenters. The van der Waals surface area contributed by atoms with Gasteiger partial charge < -0.3 is 16.8 Å². The van der Waals surface area contributed by atoms with Crippen LogP contribution in [0, 0.1) is 0 Å². The maximum Gasteiger partial charge on any atom is 0.255 e. The third-order valence-electron chi connectivity index (χ3n) is 3.57. The molecule has 3 heterocycles. The van der Waals surface area contributed by atoms with Crippen molar-refractivity contribution in [3.8, 4) is 0 Å². The number of hydrogen-bond acceptors (Lipinski definition) is 8. The number of nitrogens with two attached hydrogens (primary N) is 2. The van der Waals surface area contributed by atoms with Crippen LogP contribution in [0.15, 0.2) is 45.9 Å². The third-order valence-corrected chi connectivity index (χ3v) is 5.35. The van der Waals surface area contributed by atoms with E-state index in [1.165, 1.54) is 11.3 Å². The zero-order valence-electron chi connectivity index (χ0n) is 15.0. The summed E-state index contributed by atoms with van der Waals surface area (Å²) in [6, 6.07) is 3.76. The van der Waals surface area contributed by atoms with Crippen LogP contribution in [-0.4, -0.2) is 38.2 Å². The summed E-state index contributed by atoms with van der Waals surface area (Å²) in [7, 11) is 0. The van der Waals surface area contributed by atoms with Crippen molar-refractivity contribution in [1.82, 2.24) is 19.9 Å². The van der Waals surface area contributed by atoms with Gasteiger partial charge in [0.05, 0.1) is 5.69 Å². The van der Waals surface area contributed by atoms with E-state index in [0.29, 0.717) is 29.6 Å². The second-order valence-electron chi connectivity index (χ2n) is 5.76. The Morgan fingerprint density at radius 3 is 2.89 bits per heavy atom. The molecule has 0 amide bonds. The van der Waals surface area contributed by atoms with E-state index in [1.54, 1.807) is 30.4 Å². The van der Waals surface area contributed by atoms with Crippen molar-refractivity contribution in [2.75, 3.05) is 17.6 Å². The topological polar surface area (TPSA) is 148 Å². The highest BCUT2D eigenvalue weighted by Gasteiger charge is 2.05. The monoisotopic (exact) mass is 416 g/mol. The van der Waals surface area contributed by atoms with E-state index in [1.807, 2.05) is 17.5 Å². The molecule has 3 aromatic rings. The molecule has 11 heteroatoms. The lowest BCUT2D eigenvalue weighted by Crippen LogP contribution is -2.21. The minimum atomic E-state index is -0.142. The molecule has 0 aliphatic heterocycles. The number of thiazole rings is 1. The number of thioether (sulfide) groups is 1. The van der Waals surface area contributed by atoms with Gasteiger partial charge in [-0.1, -0.05) is 0 Å².